The highest BCUT2D eigenvalue weighted by Gasteiger charge is 2.49. The van der Waals surface area contributed by atoms with Gasteiger partial charge in [0.25, 0.3) is 0 Å². The van der Waals surface area contributed by atoms with Gasteiger partial charge in [-0.1, -0.05) is 0 Å². The van der Waals surface area contributed by atoms with Crippen molar-refractivity contribution in [2.45, 2.75) is 6.42 Å². The van der Waals surface area contributed by atoms with E-state index in [4.69, 9.17) is 23.7 Å². The van der Waals surface area contributed by atoms with Gasteiger partial charge in [0.2, 0.25) is 0 Å². The van der Waals surface area contributed by atoms with Crippen molar-refractivity contribution in [3.63, 3.8) is 0 Å². The molecule has 6 nitrogen and oxygen atoms in total. The molecular formula is C22H20O6. The summed E-state index contributed by atoms with van der Waals surface area (Å²) in [5.41, 5.74) is 1.62. The van der Waals surface area contributed by atoms with Gasteiger partial charge in [-0.25, -0.2) is 0 Å². The van der Waals surface area contributed by atoms with Crippen LogP contribution in [0.3, 0.4) is 0 Å². The number of ketones is 1. The van der Waals surface area contributed by atoms with Crippen LogP contribution in [0, 0.1) is 5.41 Å². The number of fused-ring (bicyclic) bond motifs is 3. The fourth-order valence-electron chi connectivity index (χ4n) is 4.09. The number of carbonyl (C=O) groups is 1. The van der Waals surface area contributed by atoms with Crippen molar-refractivity contribution < 1.29 is 28.5 Å². The minimum atomic E-state index is -0.752. The van der Waals surface area contributed by atoms with Crippen molar-refractivity contribution in [3.8, 4) is 23.0 Å². The van der Waals surface area contributed by atoms with E-state index in [-0.39, 0.29) is 19.0 Å². The summed E-state index contributed by atoms with van der Waals surface area (Å²) in [7, 11) is 3.21. The maximum absolute atomic E-state index is 13.4. The Hall–Kier alpha value is -3.15. The highest BCUT2D eigenvalue weighted by molar-refractivity contribution is 6.05. The topological polar surface area (TPSA) is 63.2 Å². The maximum atomic E-state index is 13.4. The standard InChI is InChI=1S/C22H20O6/c1-24-14-3-5-18-16(7-14)20-13(10-26-18)9-22(12-28-20)11-27-19-6-4-15(25-2)8-17(19)21(22)23/h3-8H,9-12H2,1-2H3. The SMILES string of the molecule is COc1ccc2c(c1)C(=O)C1(COC3=C(COc4ccc(OC)cc43)C1)CO2. The van der Waals surface area contributed by atoms with Gasteiger partial charge in [-0.05, 0) is 42.8 Å². The van der Waals surface area contributed by atoms with Crippen molar-refractivity contribution in [2.75, 3.05) is 34.0 Å². The van der Waals surface area contributed by atoms with E-state index < -0.39 is 5.41 Å². The number of carbonyl (C=O) groups excluding carboxylic acids is 1. The third kappa shape index (κ3) is 2.44. The van der Waals surface area contributed by atoms with E-state index in [0.717, 1.165) is 28.4 Å². The predicted octanol–water partition coefficient (Wildman–Crippen LogP) is 3.49. The van der Waals surface area contributed by atoms with Crippen LogP contribution in [0.15, 0.2) is 42.0 Å². The zero-order valence-electron chi connectivity index (χ0n) is 15.7. The molecule has 6 heteroatoms. The predicted molar refractivity (Wildman–Crippen MR) is 101 cm³/mol. The molecule has 1 spiro atoms. The van der Waals surface area contributed by atoms with Gasteiger partial charge in [0, 0.05) is 5.57 Å². The molecule has 0 fully saturated rings. The summed E-state index contributed by atoms with van der Waals surface area (Å²) in [4.78, 5) is 13.4. The maximum Gasteiger partial charge on any atom is 0.180 e. The Bertz CT molecular complexity index is 1010. The molecule has 1 atom stereocenters. The molecule has 2 aromatic carbocycles. The van der Waals surface area contributed by atoms with Crippen molar-refractivity contribution in [2.24, 2.45) is 5.41 Å². The van der Waals surface area contributed by atoms with Crippen molar-refractivity contribution in [1.29, 1.82) is 0 Å². The van der Waals surface area contributed by atoms with Gasteiger partial charge in [-0.15, -0.1) is 0 Å². The van der Waals surface area contributed by atoms with E-state index in [0.29, 0.717) is 30.1 Å². The molecule has 1 unspecified atom stereocenters. The van der Waals surface area contributed by atoms with Gasteiger partial charge >= 0.3 is 0 Å². The number of Topliss-reactive ketones (excluding diaryl/α,β-unsaturated/α-hetero) is 1. The first kappa shape index (κ1) is 17.0. The molecule has 3 aliphatic rings. The zero-order valence-corrected chi connectivity index (χ0v) is 15.7. The molecule has 0 aliphatic carbocycles. The van der Waals surface area contributed by atoms with E-state index in [9.17, 15) is 4.79 Å². The number of hydrogen-bond acceptors (Lipinski definition) is 6. The second-order valence-corrected chi connectivity index (χ2v) is 7.31. The largest absolute Gasteiger partial charge is 0.497 e. The summed E-state index contributed by atoms with van der Waals surface area (Å²) < 4.78 is 28.6. The van der Waals surface area contributed by atoms with Crippen molar-refractivity contribution >= 4 is 11.5 Å². The average molecular weight is 380 g/mol. The van der Waals surface area contributed by atoms with Crippen LogP contribution >= 0.6 is 0 Å². The summed E-state index contributed by atoms with van der Waals surface area (Å²) in [5.74, 6) is 3.53. The Kier molecular flexibility index (Phi) is 3.75. The second-order valence-electron chi connectivity index (χ2n) is 7.31. The lowest BCUT2D eigenvalue weighted by Crippen LogP contribution is -2.47. The van der Waals surface area contributed by atoms with Crippen molar-refractivity contribution in [1.82, 2.24) is 0 Å². The van der Waals surface area contributed by atoms with Gasteiger partial charge in [0.15, 0.2) is 5.78 Å². The van der Waals surface area contributed by atoms with Crippen LogP contribution in [-0.4, -0.2) is 39.8 Å². The van der Waals surface area contributed by atoms with Gasteiger partial charge < -0.3 is 23.7 Å². The van der Waals surface area contributed by atoms with Gasteiger partial charge in [0.05, 0.1) is 25.3 Å². The quantitative estimate of drug-likeness (QED) is 0.795. The van der Waals surface area contributed by atoms with Crippen LogP contribution in [0.4, 0.5) is 0 Å². The number of rotatable bonds is 2. The Morgan fingerprint density at radius 1 is 0.857 bits per heavy atom. The zero-order chi connectivity index (χ0) is 19.3. The van der Waals surface area contributed by atoms with Gasteiger partial charge in [-0.2, -0.15) is 0 Å². The highest BCUT2D eigenvalue weighted by Crippen LogP contribution is 2.48. The molecule has 0 radical (unpaired) electrons. The first-order valence-corrected chi connectivity index (χ1v) is 9.15. The minimum Gasteiger partial charge on any atom is -0.497 e. The average Bonchev–Trinajstić information content (AvgIpc) is 2.75. The first-order valence-electron chi connectivity index (χ1n) is 9.15. The highest BCUT2D eigenvalue weighted by atomic mass is 16.5. The molecule has 3 aliphatic heterocycles. The molecule has 3 heterocycles. The lowest BCUT2D eigenvalue weighted by atomic mass is 9.73. The summed E-state index contributed by atoms with van der Waals surface area (Å²) in [6, 6.07) is 10.9. The minimum absolute atomic E-state index is 0.0237. The summed E-state index contributed by atoms with van der Waals surface area (Å²) in [6.45, 7) is 0.944. The van der Waals surface area contributed by atoms with Gasteiger partial charge in [-0.3, -0.25) is 4.79 Å². The van der Waals surface area contributed by atoms with E-state index in [2.05, 4.69) is 0 Å². The van der Waals surface area contributed by atoms with Gasteiger partial charge in [0.1, 0.15) is 54.0 Å². The van der Waals surface area contributed by atoms with Crippen LogP contribution in [0.2, 0.25) is 0 Å². The molecule has 5 rings (SSSR count). The number of methoxy groups -OCH3 is 2. The fraction of sp³-hybridized carbons (Fsp3) is 0.318. The van der Waals surface area contributed by atoms with Crippen LogP contribution in [0.25, 0.3) is 5.76 Å². The normalized spacial score (nSPS) is 22.3. The Morgan fingerprint density at radius 2 is 1.50 bits per heavy atom. The molecule has 0 amide bonds. The Labute approximate surface area is 162 Å². The smallest absolute Gasteiger partial charge is 0.180 e. The fourth-order valence-corrected chi connectivity index (χ4v) is 4.09. The van der Waals surface area contributed by atoms with Crippen LogP contribution in [-0.2, 0) is 4.74 Å². The number of benzene rings is 2. The van der Waals surface area contributed by atoms with Crippen LogP contribution in [0.1, 0.15) is 22.3 Å². The molecule has 0 N–H and O–H groups in total. The van der Waals surface area contributed by atoms with E-state index in [1.165, 1.54) is 0 Å². The van der Waals surface area contributed by atoms with Crippen LogP contribution < -0.4 is 18.9 Å². The summed E-state index contributed by atoms with van der Waals surface area (Å²) in [5, 5.41) is 0. The molecular weight excluding hydrogens is 360 g/mol. The number of ether oxygens (including phenoxy) is 5. The van der Waals surface area contributed by atoms with E-state index in [1.807, 2.05) is 18.2 Å². The Balaban J connectivity index is 1.52. The molecule has 0 bridgehead atoms. The summed E-state index contributed by atoms with van der Waals surface area (Å²) >= 11 is 0. The lowest BCUT2D eigenvalue weighted by Gasteiger charge is -2.41. The lowest BCUT2D eigenvalue weighted by molar-refractivity contribution is 0.0289. The first-order chi connectivity index (χ1) is 13.6. The monoisotopic (exact) mass is 380 g/mol. The molecule has 2 aromatic rings. The molecule has 28 heavy (non-hydrogen) atoms. The molecule has 0 aromatic heterocycles. The second kappa shape index (κ2) is 6.19. The van der Waals surface area contributed by atoms with Crippen LogP contribution in [0.5, 0.6) is 23.0 Å². The summed E-state index contributed by atoms with van der Waals surface area (Å²) in [6.07, 6.45) is 0.536. The molecule has 0 saturated heterocycles. The third-order valence-corrected chi connectivity index (χ3v) is 5.62. The van der Waals surface area contributed by atoms with E-state index in [1.54, 1.807) is 32.4 Å². The van der Waals surface area contributed by atoms with Crippen molar-refractivity contribution in [3.05, 3.63) is 53.1 Å². The number of hydrogen-bond donors (Lipinski definition) is 0. The Morgan fingerprint density at radius 3 is 2.21 bits per heavy atom. The molecule has 0 saturated carbocycles. The molecule has 144 valence electrons. The third-order valence-electron chi connectivity index (χ3n) is 5.62. The van der Waals surface area contributed by atoms with E-state index >= 15 is 0 Å².